The Kier molecular flexibility index (Phi) is 9.63. The molecule has 0 aliphatic heterocycles. The van der Waals surface area contributed by atoms with Gasteiger partial charge in [0.15, 0.2) is 0 Å². The number of hydrogen-bond donors (Lipinski definition) is 5. The van der Waals surface area contributed by atoms with Crippen LogP contribution in [-0.4, -0.2) is 51.0 Å². The molecule has 5 atom stereocenters. The van der Waals surface area contributed by atoms with E-state index in [9.17, 15) is 20.1 Å². The Labute approximate surface area is 165 Å². The van der Waals surface area contributed by atoms with Crippen molar-refractivity contribution in [1.29, 1.82) is 0 Å². The van der Waals surface area contributed by atoms with E-state index in [1.54, 1.807) is 17.6 Å². The number of aliphatic hydroxyl groups is 3. The average Bonchev–Trinajstić information content (AvgIpc) is 3.29. The van der Waals surface area contributed by atoms with Gasteiger partial charge in [0, 0.05) is 18.7 Å². The van der Waals surface area contributed by atoms with Crippen molar-refractivity contribution in [2.24, 2.45) is 16.8 Å². The molecule has 1 aromatic heterocycles. The molecule has 1 fully saturated rings. The Bertz CT molecular complexity index is 592. The molecule has 1 saturated carbocycles. The van der Waals surface area contributed by atoms with E-state index in [1.807, 2.05) is 0 Å². The fourth-order valence-corrected chi connectivity index (χ4v) is 4.00. The van der Waals surface area contributed by atoms with Crippen LogP contribution in [0.25, 0.3) is 0 Å². The average molecular weight is 396 g/mol. The second-order valence-electron chi connectivity index (χ2n) is 7.56. The minimum atomic E-state index is -0.728. The fraction of sp³-hybridized carbons (Fsp3) is 0.700. The second-order valence-corrected chi connectivity index (χ2v) is 7.56. The van der Waals surface area contributed by atoms with Gasteiger partial charge in [0.1, 0.15) is 0 Å². The minimum absolute atomic E-state index is 0.0185. The Morgan fingerprint density at radius 1 is 1.21 bits per heavy atom. The van der Waals surface area contributed by atoms with Gasteiger partial charge in [0.25, 0.3) is 0 Å². The highest BCUT2D eigenvalue weighted by molar-refractivity contribution is 5.74. The smallest absolute Gasteiger partial charge is 0.243 e. The summed E-state index contributed by atoms with van der Waals surface area (Å²) in [5, 5.41) is 39.1. The summed E-state index contributed by atoms with van der Waals surface area (Å²) in [6, 6.07) is 3.42. The Hall–Kier alpha value is -1.74. The van der Waals surface area contributed by atoms with E-state index in [2.05, 4.69) is 4.99 Å². The van der Waals surface area contributed by atoms with E-state index >= 15 is 0 Å². The summed E-state index contributed by atoms with van der Waals surface area (Å²) >= 11 is 0. The number of nitrogens with one attached hydrogen (secondary N) is 1. The van der Waals surface area contributed by atoms with Gasteiger partial charge in [-0.15, -0.1) is 0 Å². The predicted molar refractivity (Wildman–Crippen MR) is 103 cm³/mol. The first-order chi connectivity index (χ1) is 13.5. The van der Waals surface area contributed by atoms with Gasteiger partial charge in [-0.3, -0.25) is 10.0 Å². The number of unbranched alkanes of at least 4 members (excludes halogenated alkanes) is 3. The highest BCUT2D eigenvalue weighted by Crippen LogP contribution is 2.39. The number of amides is 1. The highest BCUT2D eigenvalue weighted by Gasteiger charge is 2.40. The molecule has 0 spiro atoms. The molecule has 0 bridgehead atoms. The number of furan rings is 1. The molecule has 28 heavy (non-hydrogen) atoms. The lowest BCUT2D eigenvalue weighted by Gasteiger charge is -2.24. The van der Waals surface area contributed by atoms with Crippen molar-refractivity contribution < 1.29 is 29.7 Å². The van der Waals surface area contributed by atoms with E-state index in [4.69, 9.17) is 9.62 Å². The molecule has 1 heterocycles. The molecule has 0 saturated heterocycles. The van der Waals surface area contributed by atoms with Crippen LogP contribution in [0.2, 0.25) is 0 Å². The van der Waals surface area contributed by atoms with Crippen LogP contribution >= 0.6 is 0 Å². The number of hydroxylamine groups is 1. The lowest BCUT2D eigenvalue weighted by Crippen LogP contribution is -2.24. The molecule has 1 amide bonds. The summed E-state index contributed by atoms with van der Waals surface area (Å²) in [5.74, 6) is 0.0417. The SMILES string of the molecule is O=C(CCCCCC[C@@H]1C(CCC(O)/C=N/c2ccco2)[C@H](O)C[C@@H]1O)NO. The third-order valence-electron chi connectivity index (χ3n) is 5.51. The quantitative estimate of drug-likeness (QED) is 0.159. The van der Waals surface area contributed by atoms with Crippen LogP contribution in [0.4, 0.5) is 5.88 Å². The molecule has 2 unspecified atom stereocenters. The first-order valence-electron chi connectivity index (χ1n) is 10.1. The molecule has 158 valence electrons. The maximum atomic E-state index is 11.0. The standard InChI is InChI=1S/C20H32N2O6/c23-14(13-21-20-8-5-11-28-20)9-10-16-15(17(24)12-18(16)25)6-3-1-2-4-7-19(26)22-27/h5,8,11,13-18,23-25,27H,1-4,6-7,9-10,12H2,(H,22,26)/b21-13+/t14?,15-,16?,17+,18-/m1/s1. The molecule has 2 rings (SSSR count). The van der Waals surface area contributed by atoms with Gasteiger partial charge in [-0.2, -0.15) is 0 Å². The van der Waals surface area contributed by atoms with E-state index in [-0.39, 0.29) is 17.7 Å². The minimum Gasteiger partial charge on any atom is -0.447 e. The Morgan fingerprint density at radius 3 is 2.61 bits per heavy atom. The van der Waals surface area contributed by atoms with Crippen LogP contribution in [0.15, 0.2) is 27.8 Å². The van der Waals surface area contributed by atoms with E-state index in [0.29, 0.717) is 38.0 Å². The maximum absolute atomic E-state index is 11.0. The van der Waals surface area contributed by atoms with Gasteiger partial charge in [0.05, 0.1) is 24.6 Å². The van der Waals surface area contributed by atoms with E-state index in [1.165, 1.54) is 12.5 Å². The zero-order valence-electron chi connectivity index (χ0n) is 16.1. The number of hydrogen-bond acceptors (Lipinski definition) is 7. The number of rotatable bonds is 12. The second kappa shape index (κ2) is 12.0. The molecule has 8 nitrogen and oxygen atoms in total. The number of aliphatic hydroxyl groups excluding tert-OH is 3. The summed E-state index contributed by atoms with van der Waals surface area (Å²) in [6.07, 6.45) is 7.17. The van der Waals surface area contributed by atoms with Crippen molar-refractivity contribution in [2.45, 2.75) is 76.1 Å². The first-order valence-corrected chi connectivity index (χ1v) is 10.1. The monoisotopic (exact) mass is 396 g/mol. The number of aliphatic imine (C=N–C) groups is 1. The summed E-state index contributed by atoms with van der Waals surface area (Å²) in [7, 11) is 0. The molecule has 0 aromatic carbocycles. The van der Waals surface area contributed by atoms with E-state index < -0.39 is 18.3 Å². The van der Waals surface area contributed by atoms with Gasteiger partial charge in [0.2, 0.25) is 11.8 Å². The molecule has 8 heteroatoms. The molecule has 0 radical (unpaired) electrons. The van der Waals surface area contributed by atoms with Crippen LogP contribution in [0, 0.1) is 11.8 Å². The Morgan fingerprint density at radius 2 is 1.93 bits per heavy atom. The Balaban J connectivity index is 1.71. The van der Waals surface area contributed by atoms with Crippen LogP contribution in [-0.2, 0) is 4.79 Å². The zero-order valence-corrected chi connectivity index (χ0v) is 16.1. The molecule has 5 N–H and O–H groups in total. The van der Waals surface area contributed by atoms with Crippen molar-refractivity contribution in [3.63, 3.8) is 0 Å². The van der Waals surface area contributed by atoms with Crippen molar-refractivity contribution in [3.8, 4) is 0 Å². The predicted octanol–water partition coefficient (Wildman–Crippen LogP) is 2.33. The first kappa shape index (κ1) is 22.5. The third kappa shape index (κ3) is 7.35. The van der Waals surface area contributed by atoms with E-state index in [0.717, 1.165) is 25.7 Å². The van der Waals surface area contributed by atoms with Gasteiger partial charge in [-0.05, 0) is 50.0 Å². The number of nitrogens with zero attached hydrogens (tertiary/aromatic N) is 1. The topological polar surface area (TPSA) is 136 Å². The lowest BCUT2D eigenvalue weighted by atomic mass is 9.85. The van der Waals surface area contributed by atoms with Gasteiger partial charge < -0.3 is 19.7 Å². The number of carbonyl (C=O) groups excluding carboxylic acids is 1. The summed E-state index contributed by atoms with van der Waals surface area (Å²) in [6.45, 7) is 0. The third-order valence-corrected chi connectivity index (χ3v) is 5.51. The summed E-state index contributed by atoms with van der Waals surface area (Å²) in [4.78, 5) is 15.0. The van der Waals surface area contributed by atoms with Gasteiger partial charge in [-0.1, -0.05) is 19.3 Å². The van der Waals surface area contributed by atoms with Gasteiger partial charge >= 0.3 is 0 Å². The number of carbonyl (C=O) groups is 1. The van der Waals surface area contributed by atoms with Crippen molar-refractivity contribution >= 4 is 18.0 Å². The highest BCUT2D eigenvalue weighted by atomic mass is 16.5. The van der Waals surface area contributed by atoms with Crippen LogP contribution in [0.5, 0.6) is 0 Å². The van der Waals surface area contributed by atoms with Crippen molar-refractivity contribution in [3.05, 3.63) is 18.4 Å². The van der Waals surface area contributed by atoms with Crippen LogP contribution in [0.3, 0.4) is 0 Å². The van der Waals surface area contributed by atoms with Crippen molar-refractivity contribution in [2.75, 3.05) is 0 Å². The fourth-order valence-electron chi connectivity index (χ4n) is 4.00. The molecular formula is C20H32N2O6. The zero-order chi connectivity index (χ0) is 20.4. The molecule has 1 aromatic rings. The summed E-state index contributed by atoms with van der Waals surface area (Å²) < 4.78 is 5.09. The lowest BCUT2D eigenvalue weighted by molar-refractivity contribution is -0.129. The van der Waals surface area contributed by atoms with Gasteiger partial charge in [-0.25, -0.2) is 10.5 Å². The molecule has 1 aliphatic carbocycles. The molecule has 1 aliphatic rings. The largest absolute Gasteiger partial charge is 0.447 e. The summed E-state index contributed by atoms with van der Waals surface area (Å²) in [5.41, 5.74) is 1.62. The molecular weight excluding hydrogens is 364 g/mol. The van der Waals surface area contributed by atoms with Crippen molar-refractivity contribution in [1.82, 2.24) is 5.48 Å². The maximum Gasteiger partial charge on any atom is 0.243 e. The van der Waals surface area contributed by atoms with Crippen LogP contribution in [0.1, 0.15) is 57.8 Å². The van der Waals surface area contributed by atoms with Crippen LogP contribution < -0.4 is 5.48 Å². The normalized spacial score (nSPS) is 26.0.